The van der Waals surface area contributed by atoms with Crippen molar-refractivity contribution in [2.24, 2.45) is 4.99 Å². The molecule has 1 aromatic carbocycles. The van der Waals surface area contributed by atoms with Crippen LogP contribution in [-0.2, 0) is 0 Å². The molecule has 3 aliphatic rings. The van der Waals surface area contributed by atoms with Crippen molar-refractivity contribution in [3.63, 3.8) is 0 Å². The minimum atomic E-state index is 0.600. The Hall–Kier alpha value is -2.24. The number of amidine groups is 1. The van der Waals surface area contributed by atoms with Crippen molar-refractivity contribution >= 4 is 23.1 Å². The standard InChI is InChI=1S/C22H27ClN4O/c1-2-22-25-20-15-24-21(23)14-17(20)16-27(22)18-6-8-19(9-7-18)28-13-5-12-26-10-3-4-11-26/h6-9,14-16,24H,2-5,10-13H2,1H3. The molecule has 1 saturated heterocycles. The minimum Gasteiger partial charge on any atom is -0.494 e. The van der Waals surface area contributed by atoms with Gasteiger partial charge < -0.3 is 19.9 Å². The second kappa shape index (κ2) is 8.84. The van der Waals surface area contributed by atoms with E-state index >= 15 is 0 Å². The average molecular weight is 399 g/mol. The van der Waals surface area contributed by atoms with Crippen molar-refractivity contribution in [1.29, 1.82) is 0 Å². The number of nitrogens with one attached hydrogen (secondary N) is 1. The fourth-order valence-electron chi connectivity index (χ4n) is 3.74. The maximum atomic E-state index is 6.10. The average Bonchev–Trinajstić information content (AvgIpc) is 3.24. The lowest BCUT2D eigenvalue weighted by molar-refractivity contribution is 0.263. The van der Waals surface area contributed by atoms with Gasteiger partial charge in [-0.1, -0.05) is 18.5 Å². The first-order valence-electron chi connectivity index (χ1n) is 10.1. The highest BCUT2D eigenvalue weighted by Crippen LogP contribution is 2.30. The van der Waals surface area contributed by atoms with Gasteiger partial charge >= 0.3 is 0 Å². The topological polar surface area (TPSA) is 40.1 Å². The van der Waals surface area contributed by atoms with Gasteiger partial charge in [0.05, 0.1) is 12.3 Å². The van der Waals surface area contributed by atoms with Gasteiger partial charge in [-0.15, -0.1) is 0 Å². The number of anilines is 1. The molecule has 0 amide bonds. The molecule has 0 spiro atoms. The van der Waals surface area contributed by atoms with Crippen LogP contribution in [0, 0.1) is 0 Å². The lowest BCUT2D eigenvalue weighted by atomic mass is 10.1. The lowest BCUT2D eigenvalue weighted by Crippen LogP contribution is -2.29. The largest absolute Gasteiger partial charge is 0.494 e. The molecule has 0 aliphatic carbocycles. The summed E-state index contributed by atoms with van der Waals surface area (Å²) < 4.78 is 5.93. The van der Waals surface area contributed by atoms with Crippen LogP contribution in [0.15, 0.2) is 64.2 Å². The summed E-state index contributed by atoms with van der Waals surface area (Å²) in [5.41, 5.74) is 2.98. The third kappa shape index (κ3) is 4.42. The van der Waals surface area contributed by atoms with E-state index in [1.165, 1.54) is 25.9 Å². The van der Waals surface area contributed by atoms with E-state index < -0.39 is 0 Å². The number of aliphatic imine (C=N–C) groups is 1. The zero-order chi connectivity index (χ0) is 19.3. The highest BCUT2D eigenvalue weighted by molar-refractivity contribution is 6.29. The maximum absolute atomic E-state index is 6.10. The molecular weight excluding hydrogens is 372 g/mol. The van der Waals surface area contributed by atoms with Crippen molar-refractivity contribution in [1.82, 2.24) is 10.2 Å². The highest BCUT2D eigenvalue weighted by atomic mass is 35.5. The van der Waals surface area contributed by atoms with Gasteiger partial charge in [0, 0.05) is 36.6 Å². The molecule has 0 unspecified atom stereocenters. The van der Waals surface area contributed by atoms with E-state index in [-0.39, 0.29) is 0 Å². The molecule has 0 aromatic heterocycles. The second-order valence-electron chi connectivity index (χ2n) is 7.25. The normalized spacial score (nSPS) is 19.3. The van der Waals surface area contributed by atoms with Crippen LogP contribution in [0.5, 0.6) is 5.75 Å². The first-order chi connectivity index (χ1) is 13.7. The van der Waals surface area contributed by atoms with Gasteiger partial charge in [0.25, 0.3) is 0 Å². The van der Waals surface area contributed by atoms with Crippen molar-refractivity contribution in [2.45, 2.75) is 32.6 Å². The van der Waals surface area contributed by atoms with Crippen LogP contribution in [0.3, 0.4) is 0 Å². The van der Waals surface area contributed by atoms with E-state index in [0.29, 0.717) is 5.16 Å². The Labute approximate surface area is 172 Å². The molecule has 1 N–H and O–H groups in total. The first-order valence-corrected chi connectivity index (χ1v) is 10.5. The van der Waals surface area contributed by atoms with Crippen molar-refractivity contribution in [2.75, 3.05) is 31.1 Å². The molecule has 0 radical (unpaired) electrons. The van der Waals surface area contributed by atoms with E-state index in [4.69, 9.17) is 21.3 Å². The summed E-state index contributed by atoms with van der Waals surface area (Å²) in [5.74, 6) is 1.91. The second-order valence-corrected chi connectivity index (χ2v) is 7.65. The molecule has 1 fully saturated rings. The number of ether oxygens (including phenoxy) is 1. The van der Waals surface area contributed by atoms with Gasteiger partial charge in [-0.05, 0) is 62.7 Å². The maximum Gasteiger partial charge on any atom is 0.119 e. The van der Waals surface area contributed by atoms with Crippen molar-refractivity contribution < 1.29 is 4.74 Å². The predicted octanol–water partition coefficient (Wildman–Crippen LogP) is 4.59. The van der Waals surface area contributed by atoms with Gasteiger partial charge in [-0.2, -0.15) is 0 Å². The van der Waals surface area contributed by atoms with E-state index in [2.05, 4.69) is 40.4 Å². The number of halogens is 1. The highest BCUT2D eigenvalue weighted by Gasteiger charge is 2.20. The molecule has 28 heavy (non-hydrogen) atoms. The van der Waals surface area contributed by atoms with Crippen molar-refractivity contribution in [3.8, 4) is 5.75 Å². The number of likely N-dealkylation sites (tertiary alicyclic amines) is 1. The Morgan fingerprint density at radius 3 is 2.71 bits per heavy atom. The van der Waals surface area contributed by atoms with Crippen molar-refractivity contribution in [3.05, 3.63) is 59.2 Å². The SMILES string of the molecule is CCC1=NC2=CNC(Cl)=CC2=CN1c1ccc(OCCCN2CCCC2)cc1. The summed E-state index contributed by atoms with van der Waals surface area (Å²) in [5, 5.41) is 3.61. The first kappa shape index (κ1) is 19.1. The number of dihydropyridines is 1. The number of hydrogen-bond acceptors (Lipinski definition) is 5. The Balaban J connectivity index is 1.38. The van der Waals surface area contributed by atoms with Crippen LogP contribution in [0.1, 0.15) is 32.6 Å². The molecule has 3 aliphatic heterocycles. The van der Waals surface area contributed by atoms with Crippen LogP contribution < -0.4 is 15.0 Å². The van der Waals surface area contributed by atoms with Gasteiger partial charge in [0.1, 0.15) is 16.7 Å². The zero-order valence-electron chi connectivity index (χ0n) is 16.3. The third-order valence-corrected chi connectivity index (χ3v) is 5.46. The smallest absolute Gasteiger partial charge is 0.119 e. The number of rotatable bonds is 7. The number of nitrogens with zero attached hydrogens (tertiary/aromatic N) is 3. The molecule has 0 atom stereocenters. The van der Waals surface area contributed by atoms with E-state index in [9.17, 15) is 0 Å². The number of fused-ring (bicyclic) bond motifs is 1. The molecule has 0 saturated carbocycles. The van der Waals surface area contributed by atoms with Crippen LogP contribution in [0.4, 0.5) is 5.69 Å². The monoisotopic (exact) mass is 398 g/mol. The fraction of sp³-hybridized carbons (Fsp3) is 0.409. The quantitative estimate of drug-likeness (QED) is 0.538. The molecule has 1 aromatic rings. The van der Waals surface area contributed by atoms with Crippen LogP contribution in [0.2, 0.25) is 0 Å². The molecule has 4 rings (SSSR count). The Morgan fingerprint density at radius 2 is 1.96 bits per heavy atom. The Morgan fingerprint density at radius 1 is 1.18 bits per heavy atom. The van der Waals surface area contributed by atoms with Crippen LogP contribution >= 0.6 is 11.6 Å². The molecule has 5 nitrogen and oxygen atoms in total. The van der Waals surface area contributed by atoms with E-state index in [1.807, 2.05) is 24.4 Å². The van der Waals surface area contributed by atoms with Gasteiger partial charge in [-0.25, -0.2) is 4.99 Å². The van der Waals surface area contributed by atoms with Gasteiger partial charge in [0.15, 0.2) is 0 Å². The predicted molar refractivity (Wildman–Crippen MR) is 116 cm³/mol. The minimum absolute atomic E-state index is 0.600. The molecule has 6 heteroatoms. The summed E-state index contributed by atoms with van der Waals surface area (Å²) in [6.45, 7) is 6.50. The summed E-state index contributed by atoms with van der Waals surface area (Å²) in [6, 6.07) is 8.24. The Bertz CT molecular complexity index is 819. The number of benzene rings is 1. The summed E-state index contributed by atoms with van der Waals surface area (Å²) in [4.78, 5) is 9.41. The van der Waals surface area contributed by atoms with Gasteiger partial charge in [-0.3, -0.25) is 0 Å². The van der Waals surface area contributed by atoms with Crippen LogP contribution in [-0.4, -0.2) is 37.0 Å². The van der Waals surface area contributed by atoms with Crippen LogP contribution in [0.25, 0.3) is 0 Å². The number of hydrogen-bond donors (Lipinski definition) is 1. The van der Waals surface area contributed by atoms with E-state index in [1.54, 1.807) is 0 Å². The van der Waals surface area contributed by atoms with Gasteiger partial charge in [0.2, 0.25) is 0 Å². The summed E-state index contributed by atoms with van der Waals surface area (Å²) >= 11 is 6.10. The summed E-state index contributed by atoms with van der Waals surface area (Å²) in [7, 11) is 0. The summed E-state index contributed by atoms with van der Waals surface area (Å²) in [6.07, 6.45) is 10.4. The molecule has 0 bridgehead atoms. The fourth-order valence-corrected chi connectivity index (χ4v) is 3.91. The molecule has 3 heterocycles. The molecule has 148 valence electrons. The Kier molecular flexibility index (Phi) is 6.03. The third-order valence-electron chi connectivity index (χ3n) is 5.24. The zero-order valence-corrected chi connectivity index (χ0v) is 17.1. The lowest BCUT2D eigenvalue weighted by Gasteiger charge is -2.28. The molecular formula is C22H27ClN4O. The van der Waals surface area contributed by atoms with E-state index in [0.717, 1.165) is 54.5 Å². The number of allylic oxidation sites excluding steroid dienone is 1.